The second-order valence-corrected chi connectivity index (χ2v) is 5.64. The molecular formula is C17H16F3N3S. The van der Waals surface area contributed by atoms with Crippen molar-refractivity contribution in [3.05, 3.63) is 64.7 Å². The first kappa shape index (κ1) is 17.9. The van der Waals surface area contributed by atoms with Crippen LogP contribution >= 0.6 is 12.2 Å². The fraction of sp³-hybridized carbons (Fsp3) is 0.176. The average Bonchev–Trinajstić information content (AvgIpc) is 2.50. The lowest BCUT2D eigenvalue weighted by Crippen LogP contribution is -2.25. The minimum Gasteiger partial charge on any atom is -0.331 e. The molecule has 0 heterocycles. The van der Waals surface area contributed by atoms with Crippen LogP contribution in [-0.4, -0.2) is 11.3 Å². The number of hydrogen-bond donors (Lipinski definition) is 2. The second kappa shape index (κ2) is 7.44. The third-order valence-electron chi connectivity index (χ3n) is 3.29. The van der Waals surface area contributed by atoms with Crippen molar-refractivity contribution in [3.63, 3.8) is 0 Å². The number of aryl methyl sites for hydroxylation is 2. The molecule has 2 rings (SSSR count). The predicted molar refractivity (Wildman–Crippen MR) is 94.3 cm³/mol. The number of nitrogens with zero attached hydrogens (tertiary/aromatic N) is 1. The fourth-order valence-corrected chi connectivity index (χ4v) is 2.21. The van der Waals surface area contributed by atoms with Gasteiger partial charge in [0.05, 0.1) is 17.5 Å². The molecule has 0 aliphatic carbocycles. The van der Waals surface area contributed by atoms with Crippen molar-refractivity contribution in [2.24, 2.45) is 5.10 Å². The highest BCUT2D eigenvalue weighted by molar-refractivity contribution is 7.80. The molecule has 0 aliphatic heterocycles. The molecule has 7 heteroatoms. The van der Waals surface area contributed by atoms with E-state index >= 15 is 0 Å². The minimum atomic E-state index is -4.46. The Morgan fingerprint density at radius 3 is 2.54 bits per heavy atom. The number of para-hydroxylation sites is 1. The highest BCUT2D eigenvalue weighted by Gasteiger charge is 2.33. The Morgan fingerprint density at radius 2 is 1.83 bits per heavy atom. The first-order valence-corrected chi connectivity index (χ1v) is 7.52. The maximum Gasteiger partial charge on any atom is 0.418 e. The van der Waals surface area contributed by atoms with Crippen molar-refractivity contribution in [2.75, 3.05) is 5.32 Å². The van der Waals surface area contributed by atoms with Crippen LogP contribution in [0.2, 0.25) is 0 Å². The summed E-state index contributed by atoms with van der Waals surface area (Å²) in [6, 6.07) is 11.0. The summed E-state index contributed by atoms with van der Waals surface area (Å²) >= 11 is 4.99. The Bertz CT molecular complexity index is 770. The second-order valence-electron chi connectivity index (χ2n) is 5.23. The van der Waals surface area contributed by atoms with E-state index < -0.39 is 11.7 Å². The smallest absolute Gasteiger partial charge is 0.331 e. The number of benzene rings is 2. The SMILES string of the molecule is Cc1ccc(C)c(/C=N/NC(=S)Nc2ccccc2C(F)(F)F)c1. The lowest BCUT2D eigenvalue weighted by atomic mass is 10.1. The first-order chi connectivity index (χ1) is 11.3. The number of rotatable bonds is 3. The van der Waals surface area contributed by atoms with E-state index in [0.717, 1.165) is 22.8 Å². The molecule has 2 N–H and O–H groups in total. The third kappa shape index (κ3) is 4.79. The van der Waals surface area contributed by atoms with E-state index in [4.69, 9.17) is 12.2 Å². The van der Waals surface area contributed by atoms with E-state index in [1.165, 1.54) is 18.2 Å². The van der Waals surface area contributed by atoms with E-state index in [1.54, 1.807) is 6.21 Å². The number of thiocarbonyl (C=S) groups is 1. The van der Waals surface area contributed by atoms with Gasteiger partial charge in [0.25, 0.3) is 0 Å². The van der Waals surface area contributed by atoms with Gasteiger partial charge in [-0.25, -0.2) is 0 Å². The molecule has 0 radical (unpaired) electrons. The molecule has 0 amide bonds. The van der Waals surface area contributed by atoms with Gasteiger partial charge in [-0.2, -0.15) is 18.3 Å². The molecular weight excluding hydrogens is 335 g/mol. The van der Waals surface area contributed by atoms with Crippen molar-refractivity contribution in [1.29, 1.82) is 0 Å². The predicted octanol–water partition coefficient (Wildman–Crippen LogP) is 4.64. The highest BCUT2D eigenvalue weighted by Crippen LogP contribution is 2.34. The summed E-state index contributed by atoms with van der Waals surface area (Å²) in [5.74, 6) is 0. The minimum absolute atomic E-state index is 0.0201. The number of halogens is 3. The van der Waals surface area contributed by atoms with Crippen LogP contribution in [-0.2, 0) is 6.18 Å². The molecule has 0 aromatic heterocycles. The number of nitrogens with one attached hydrogen (secondary N) is 2. The lowest BCUT2D eigenvalue weighted by molar-refractivity contribution is -0.136. The maximum atomic E-state index is 12.9. The van der Waals surface area contributed by atoms with Gasteiger partial charge in [-0.05, 0) is 49.3 Å². The first-order valence-electron chi connectivity index (χ1n) is 7.11. The van der Waals surface area contributed by atoms with Crippen molar-refractivity contribution in [2.45, 2.75) is 20.0 Å². The molecule has 0 atom stereocenters. The van der Waals surface area contributed by atoms with E-state index in [1.807, 2.05) is 32.0 Å². The molecule has 3 nitrogen and oxygen atoms in total. The Balaban J connectivity index is 2.04. The van der Waals surface area contributed by atoms with Crippen molar-refractivity contribution in [3.8, 4) is 0 Å². The van der Waals surface area contributed by atoms with Gasteiger partial charge < -0.3 is 5.32 Å². The summed E-state index contributed by atoms with van der Waals surface area (Å²) in [5, 5.41) is 6.47. The Kier molecular flexibility index (Phi) is 5.56. The topological polar surface area (TPSA) is 36.4 Å². The fourth-order valence-electron chi connectivity index (χ4n) is 2.05. The van der Waals surface area contributed by atoms with Crippen LogP contribution in [0.4, 0.5) is 18.9 Å². The molecule has 0 spiro atoms. The van der Waals surface area contributed by atoms with E-state index in [2.05, 4.69) is 15.8 Å². The van der Waals surface area contributed by atoms with Gasteiger partial charge in [-0.1, -0.05) is 35.9 Å². The number of hydrogen-bond acceptors (Lipinski definition) is 2. The Labute approximate surface area is 143 Å². The van der Waals surface area contributed by atoms with Crippen LogP contribution in [0.25, 0.3) is 0 Å². The van der Waals surface area contributed by atoms with Crippen molar-refractivity contribution in [1.82, 2.24) is 5.43 Å². The summed E-state index contributed by atoms with van der Waals surface area (Å²) in [7, 11) is 0. The molecule has 2 aromatic rings. The summed E-state index contributed by atoms with van der Waals surface area (Å²) in [4.78, 5) is 0. The Hall–Kier alpha value is -2.41. The van der Waals surface area contributed by atoms with Gasteiger partial charge in [-0.3, -0.25) is 5.43 Å². The maximum absolute atomic E-state index is 12.9. The van der Waals surface area contributed by atoms with E-state index in [0.29, 0.717) is 0 Å². The van der Waals surface area contributed by atoms with Crippen LogP contribution in [0, 0.1) is 13.8 Å². The lowest BCUT2D eigenvalue weighted by Gasteiger charge is -2.14. The van der Waals surface area contributed by atoms with Crippen LogP contribution in [0.3, 0.4) is 0 Å². The van der Waals surface area contributed by atoms with Crippen molar-refractivity contribution >= 4 is 29.2 Å². The zero-order valence-corrected chi connectivity index (χ0v) is 13.9. The van der Waals surface area contributed by atoms with Gasteiger partial charge in [-0.15, -0.1) is 0 Å². The van der Waals surface area contributed by atoms with Crippen molar-refractivity contribution < 1.29 is 13.2 Å². The average molecular weight is 351 g/mol. The van der Waals surface area contributed by atoms with Crippen LogP contribution in [0.5, 0.6) is 0 Å². The van der Waals surface area contributed by atoms with Crippen LogP contribution in [0.1, 0.15) is 22.3 Å². The molecule has 0 unspecified atom stereocenters. The van der Waals surface area contributed by atoms with Gasteiger partial charge in [0, 0.05) is 0 Å². The zero-order valence-electron chi connectivity index (χ0n) is 13.1. The number of anilines is 1. The summed E-state index contributed by atoms with van der Waals surface area (Å²) in [6.45, 7) is 3.90. The zero-order chi connectivity index (χ0) is 17.7. The number of hydrazone groups is 1. The summed E-state index contributed by atoms with van der Waals surface area (Å²) < 4.78 is 38.8. The van der Waals surface area contributed by atoms with Gasteiger partial charge in [0.15, 0.2) is 5.11 Å². The monoisotopic (exact) mass is 351 g/mol. The van der Waals surface area contributed by atoms with E-state index in [9.17, 15) is 13.2 Å². The van der Waals surface area contributed by atoms with Gasteiger partial charge in [0.1, 0.15) is 0 Å². The van der Waals surface area contributed by atoms with Crippen LogP contribution in [0.15, 0.2) is 47.6 Å². The molecule has 0 saturated carbocycles. The molecule has 0 aliphatic rings. The quantitative estimate of drug-likeness (QED) is 0.480. The molecule has 0 fully saturated rings. The molecule has 0 bridgehead atoms. The highest BCUT2D eigenvalue weighted by atomic mass is 32.1. The van der Waals surface area contributed by atoms with Crippen LogP contribution < -0.4 is 10.7 Å². The summed E-state index contributed by atoms with van der Waals surface area (Å²) in [6.07, 6.45) is -2.88. The standard InChI is InChI=1S/C17H16F3N3S/c1-11-7-8-12(2)13(9-11)10-21-23-16(24)22-15-6-4-3-5-14(15)17(18,19)20/h3-10H,1-2H3,(H2,22,23,24)/b21-10+. The largest absolute Gasteiger partial charge is 0.418 e. The molecule has 0 saturated heterocycles. The Morgan fingerprint density at radius 1 is 1.12 bits per heavy atom. The molecule has 126 valence electrons. The molecule has 24 heavy (non-hydrogen) atoms. The normalized spacial score (nSPS) is 11.5. The van der Waals surface area contributed by atoms with Gasteiger partial charge >= 0.3 is 6.18 Å². The number of alkyl halides is 3. The van der Waals surface area contributed by atoms with Gasteiger partial charge in [0.2, 0.25) is 0 Å². The van der Waals surface area contributed by atoms with E-state index in [-0.39, 0.29) is 10.8 Å². The third-order valence-corrected chi connectivity index (χ3v) is 3.48. The molecule has 2 aromatic carbocycles. The summed E-state index contributed by atoms with van der Waals surface area (Å²) in [5.41, 5.74) is 4.65.